The molecule has 0 saturated heterocycles. The summed E-state index contributed by atoms with van der Waals surface area (Å²) in [6, 6.07) is 5.16. The Morgan fingerprint density at radius 2 is 2.00 bits per heavy atom. The number of rotatable bonds is 2. The van der Waals surface area contributed by atoms with Gasteiger partial charge in [0.2, 0.25) is 5.91 Å². The summed E-state index contributed by atoms with van der Waals surface area (Å²) in [5, 5.41) is 6.23. The SMILES string of the molecule is COc1ccc(NC(=S)NC(=O)C(C)(C)C)cc1Cl. The van der Waals surface area contributed by atoms with Crippen molar-refractivity contribution >= 4 is 40.5 Å². The molecule has 0 unspecified atom stereocenters. The van der Waals surface area contributed by atoms with Crippen molar-refractivity contribution in [3.63, 3.8) is 0 Å². The monoisotopic (exact) mass is 300 g/mol. The van der Waals surface area contributed by atoms with E-state index >= 15 is 0 Å². The molecule has 1 amide bonds. The van der Waals surface area contributed by atoms with Gasteiger partial charge >= 0.3 is 0 Å². The van der Waals surface area contributed by atoms with Crippen molar-refractivity contribution < 1.29 is 9.53 Å². The van der Waals surface area contributed by atoms with Gasteiger partial charge in [0.25, 0.3) is 0 Å². The molecular weight excluding hydrogens is 284 g/mol. The Labute approximate surface area is 123 Å². The van der Waals surface area contributed by atoms with Crippen LogP contribution in [0.15, 0.2) is 18.2 Å². The zero-order valence-electron chi connectivity index (χ0n) is 11.3. The van der Waals surface area contributed by atoms with Gasteiger partial charge in [0.15, 0.2) is 5.11 Å². The number of anilines is 1. The molecule has 4 nitrogen and oxygen atoms in total. The van der Waals surface area contributed by atoms with Gasteiger partial charge in [0.05, 0.1) is 12.1 Å². The predicted octanol–water partition coefficient (Wildman–Crippen LogP) is 3.21. The number of methoxy groups -OCH3 is 1. The van der Waals surface area contributed by atoms with E-state index in [0.717, 1.165) is 0 Å². The highest BCUT2D eigenvalue weighted by Crippen LogP contribution is 2.27. The minimum Gasteiger partial charge on any atom is -0.495 e. The Morgan fingerprint density at radius 1 is 1.37 bits per heavy atom. The van der Waals surface area contributed by atoms with E-state index in [1.165, 1.54) is 0 Å². The second-order valence-electron chi connectivity index (χ2n) is 5.01. The molecule has 0 saturated carbocycles. The molecule has 0 aliphatic carbocycles. The first-order valence-electron chi connectivity index (χ1n) is 5.70. The highest BCUT2D eigenvalue weighted by Gasteiger charge is 2.21. The number of amides is 1. The molecule has 1 aromatic rings. The zero-order chi connectivity index (χ0) is 14.6. The van der Waals surface area contributed by atoms with Crippen LogP contribution in [0.25, 0.3) is 0 Å². The fourth-order valence-corrected chi connectivity index (χ4v) is 1.67. The average Bonchev–Trinajstić information content (AvgIpc) is 2.27. The molecule has 0 aromatic heterocycles. The number of hydrogen-bond acceptors (Lipinski definition) is 3. The summed E-state index contributed by atoms with van der Waals surface area (Å²) in [6.45, 7) is 5.44. The number of halogens is 1. The van der Waals surface area contributed by atoms with E-state index in [-0.39, 0.29) is 11.0 Å². The minimum absolute atomic E-state index is 0.149. The highest BCUT2D eigenvalue weighted by atomic mass is 35.5. The van der Waals surface area contributed by atoms with Crippen molar-refractivity contribution in [3.05, 3.63) is 23.2 Å². The first kappa shape index (κ1) is 15.7. The van der Waals surface area contributed by atoms with Crippen molar-refractivity contribution in [2.24, 2.45) is 5.41 Å². The number of nitrogens with one attached hydrogen (secondary N) is 2. The summed E-state index contributed by atoms with van der Waals surface area (Å²) in [5.41, 5.74) is 0.188. The lowest BCUT2D eigenvalue weighted by Crippen LogP contribution is -2.41. The molecule has 19 heavy (non-hydrogen) atoms. The third-order valence-electron chi connectivity index (χ3n) is 2.32. The van der Waals surface area contributed by atoms with E-state index in [0.29, 0.717) is 16.5 Å². The van der Waals surface area contributed by atoms with E-state index in [1.807, 2.05) is 20.8 Å². The van der Waals surface area contributed by atoms with E-state index in [2.05, 4.69) is 10.6 Å². The van der Waals surface area contributed by atoms with Gasteiger partial charge < -0.3 is 15.4 Å². The van der Waals surface area contributed by atoms with Crippen molar-refractivity contribution in [2.75, 3.05) is 12.4 Å². The Hall–Kier alpha value is -1.33. The molecule has 1 aromatic carbocycles. The average molecular weight is 301 g/mol. The van der Waals surface area contributed by atoms with Crippen LogP contribution >= 0.6 is 23.8 Å². The molecule has 0 spiro atoms. The zero-order valence-corrected chi connectivity index (χ0v) is 12.9. The van der Waals surface area contributed by atoms with Crippen LogP contribution in [-0.2, 0) is 4.79 Å². The molecule has 0 radical (unpaired) electrons. The lowest BCUT2D eigenvalue weighted by Gasteiger charge is -2.18. The number of hydrogen-bond donors (Lipinski definition) is 2. The number of benzene rings is 1. The number of carbonyl (C=O) groups is 1. The smallest absolute Gasteiger partial charge is 0.231 e. The van der Waals surface area contributed by atoms with Gasteiger partial charge in [-0.15, -0.1) is 0 Å². The van der Waals surface area contributed by atoms with Gasteiger partial charge in [-0.05, 0) is 30.4 Å². The molecule has 0 fully saturated rings. The highest BCUT2D eigenvalue weighted by molar-refractivity contribution is 7.80. The Bertz CT molecular complexity index is 498. The van der Waals surface area contributed by atoms with Crippen LogP contribution in [0, 0.1) is 5.41 Å². The molecule has 6 heteroatoms. The maximum Gasteiger partial charge on any atom is 0.231 e. The summed E-state index contributed by atoms with van der Waals surface area (Å²) in [4.78, 5) is 11.7. The number of carbonyl (C=O) groups excluding carboxylic acids is 1. The number of ether oxygens (including phenoxy) is 1. The summed E-state index contributed by atoms with van der Waals surface area (Å²) in [6.07, 6.45) is 0. The minimum atomic E-state index is -0.497. The normalized spacial score (nSPS) is 10.8. The molecule has 0 bridgehead atoms. The van der Waals surface area contributed by atoms with Gasteiger partial charge in [-0.1, -0.05) is 32.4 Å². The number of thiocarbonyl (C=S) groups is 1. The summed E-state index contributed by atoms with van der Waals surface area (Å²) in [5.74, 6) is 0.432. The molecule has 1 rings (SSSR count). The van der Waals surface area contributed by atoms with Gasteiger partial charge in [0.1, 0.15) is 5.75 Å². The third-order valence-corrected chi connectivity index (χ3v) is 2.82. The van der Waals surface area contributed by atoms with E-state index < -0.39 is 5.41 Å². The van der Waals surface area contributed by atoms with Crippen LogP contribution in [0.4, 0.5) is 5.69 Å². The molecule has 0 aliphatic rings. The molecule has 104 valence electrons. The van der Waals surface area contributed by atoms with E-state index in [4.69, 9.17) is 28.6 Å². The predicted molar refractivity (Wildman–Crippen MR) is 81.8 cm³/mol. The van der Waals surface area contributed by atoms with Gasteiger partial charge in [-0.25, -0.2) is 0 Å². The van der Waals surface area contributed by atoms with Crippen LogP contribution < -0.4 is 15.4 Å². The third kappa shape index (κ3) is 4.69. The van der Waals surface area contributed by atoms with Crippen molar-refractivity contribution in [1.29, 1.82) is 0 Å². The lowest BCUT2D eigenvalue weighted by molar-refractivity contribution is -0.126. The van der Waals surface area contributed by atoms with Crippen LogP contribution in [0.5, 0.6) is 5.75 Å². The topological polar surface area (TPSA) is 50.4 Å². The quantitative estimate of drug-likeness (QED) is 0.824. The molecule has 0 atom stereocenters. The molecular formula is C13H17ClN2O2S. The summed E-state index contributed by atoms with van der Waals surface area (Å²) in [7, 11) is 1.54. The molecule has 0 aliphatic heterocycles. The van der Waals surface area contributed by atoms with Crippen LogP contribution in [0.1, 0.15) is 20.8 Å². The van der Waals surface area contributed by atoms with Crippen molar-refractivity contribution in [2.45, 2.75) is 20.8 Å². The molecule has 2 N–H and O–H groups in total. The van der Waals surface area contributed by atoms with Gasteiger partial charge in [-0.3, -0.25) is 4.79 Å². The Balaban J connectivity index is 2.68. The summed E-state index contributed by atoms with van der Waals surface area (Å²) < 4.78 is 5.05. The Morgan fingerprint density at radius 3 is 2.47 bits per heavy atom. The van der Waals surface area contributed by atoms with Crippen LogP contribution in [0.3, 0.4) is 0 Å². The van der Waals surface area contributed by atoms with Crippen molar-refractivity contribution in [1.82, 2.24) is 5.32 Å². The van der Waals surface area contributed by atoms with Gasteiger partial charge in [0, 0.05) is 11.1 Å². The van der Waals surface area contributed by atoms with E-state index in [9.17, 15) is 4.79 Å². The van der Waals surface area contributed by atoms with Gasteiger partial charge in [-0.2, -0.15) is 0 Å². The first-order chi connectivity index (χ1) is 8.74. The largest absolute Gasteiger partial charge is 0.495 e. The first-order valence-corrected chi connectivity index (χ1v) is 6.48. The van der Waals surface area contributed by atoms with Crippen LogP contribution in [-0.4, -0.2) is 18.1 Å². The molecule has 0 heterocycles. The van der Waals surface area contributed by atoms with E-state index in [1.54, 1.807) is 25.3 Å². The standard InChI is InChI=1S/C13H17ClN2O2S/c1-13(2,3)11(17)16-12(19)15-8-5-6-10(18-4)9(14)7-8/h5-7H,1-4H3,(H2,15,16,17,19). The van der Waals surface area contributed by atoms with Crippen LogP contribution in [0.2, 0.25) is 5.02 Å². The second-order valence-corrected chi connectivity index (χ2v) is 5.82. The lowest BCUT2D eigenvalue weighted by atomic mass is 9.96. The second kappa shape index (κ2) is 6.21. The maximum absolute atomic E-state index is 11.7. The fourth-order valence-electron chi connectivity index (χ4n) is 1.20. The summed E-state index contributed by atoms with van der Waals surface area (Å²) >= 11 is 11.1. The Kier molecular flexibility index (Phi) is 5.14. The fraction of sp³-hybridized carbons (Fsp3) is 0.385. The van der Waals surface area contributed by atoms with Crippen molar-refractivity contribution in [3.8, 4) is 5.75 Å². The maximum atomic E-state index is 11.7.